The van der Waals surface area contributed by atoms with Gasteiger partial charge in [-0.3, -0.25) is 4.79 Å². The lowest BCUT2D eigenvalue weighted by molar-refractivity contribution is -0.116. The maximum absolute atomic E-state index is 12.3. The number of nitrogens with one attached hydrogen (secondary N) is 2. The number of amides is 1. The van der Waals surface area contributed by atoms with Crippen LogP contribution in [0.1, 0.15) is 18.4 Å². The number of aryl methyl sites for hydroxylation is 1. The van der Waals surface area contributed by atoms with Crippen LogP contribution < -0.4 is 15.4 Å². The van der Waals surface area contributed by atoms with E-state index in [0.29, 0.717) is 24.4 Å². The summed E-state index contributed by atoms with van der Waals surface area (Å²) in [5.74, 6) is 1.35. The summed E-state index contributed by atoms with van der Waals surface area (Å²) in [6, 6.07) is 27.5. The molecule has 0 saturated heterocycles. The highest BCUT2D eigenvalue weighted by Gasteiger charge is 2.08. The van der Waals surface area contributed by atoms with Crippen LogP contribution in [-0.4, -0.2) is 19.0 Å². The highest BCUT2D eigenvalue weighted by Crippen LogP contribution is 2.29. The zero-order chi connectivity index (χ0) is 19.4. The van der Waals surface area contributed by atoms with Crippen LogP contribution in [0.5, 0.6) is 11.5 Å². The quantitative estimate of drug-likeness (QED) is 0.489. The summed E-state index contributed by atoms with van der Waals surface area (Å²) >= 11 is 0. The average Bonchev–Trinajstić information content (AvgIpc) is 2.73. The molecule has 4 heteroatoms. The largest absolute Gasteiger partial charge is 0.455 e. The summed E-state index contributed by atoms with van der Waals surface area (Å²) in [6.07, 6.45) is 2.52. The van der Waals surface area contributed by atoms with Gasteiger partial charge in [0.25, 0.3) is 0 Å². The zero-order valence-corrected chi connectivity index (χ0v) is 15.9. The predicted molar refractivity (Wildman–Crippen MR) is 114 cm³/mol. The van der Waals surface area contributed by atoms with Gasteiger partial charge in [-0.1, -0.05) is 60.7 Å². The molecule has 2 N–H and O–H groups in total. The van der Waals surface area contributed by atoms with Gasteiger partial charge < -0.3 is 15.4 Å². The number of anilines is 1. The van der Waals surface area contributed by atoms with E-state index in [1.54, 1.807) is 0 Å². The molecule has 0 atom stereocenters. The Hall–Kier alpha value is -3.11. The van der Waals surface area contributed by atoms with Crippen LogP contribution >= 0.6 is 0 Å². The molecule has 3 rings (SSSR count). The summed E-state index contributed by atoms with van der Waals surface area (Å²) in [4.78, 5) is 12.3. The lowest BCUT2D eigenvalue weighted by Gasteiger charge is -2.12. The van der Waals surface area contributed by atoms with Crippen molar-refractivity contribution in [2.75, 3.05) is 18.4 Å². The van der Waals surface area contributed by atoms with E-state index in [2.05, 4.69) is 34.9 Å². The van der Waals surface area contributed by atoms with Crippen molar-refractivity contribution in [2.24, 2.45) is 0 Å². The van der Waals surface area contributed by atoms with Crippen molar-refractivity contribution in [1.82, 2.24) is 5.32 Å². The first-order valence-corrected chi connectivity index (χ1v) is 9.68. The van der Waals surface area contributed by atoms with Gasteiger partial charge in [0.2, 0.25) is 5.91 Å². The van der Waals surface area contributed by atoms with E-state index in [9.17, 15) is 4.79 Å². The third-order valence-corrected chi connectivity index (χ3v) is 4.32. The van der Waals surface area contributed by atoms with Gasteiger partial charge in [0.1, 0.15) is 5.75 Å². The van der Waals surface area contributed by atoms with Crippen molar-refractivity contribution in [3.8, 4) is 11.5 Å². The minimum atomic E-state index is -0.0281. The monoisotopic (exact) mass is 374 g/mol. The molecule has 0 unspecified atom stereocenters. The molecule has 0 aliphatic carbocycles. The Morgan fingerprint density at radius 3 is 2.25 bits per heavy atom. The fourth-order valence-electron chi connectivity index (χ4n) is 2.88. The summed E-state index contributed by atoms with van der Waals surface area (Å²) in [7, 11) is 0. The number of rotatable bonds is 10. The molecule has 0 spiro atoms. The minimum absolute atomic E-state index is 0.0281. The molecule has 0 aliphatic heterocycles. The first kappa shape index (κ1) is 19.6. The first-order chi connectivity index (χ1) is 13.8. The molecule has 0 aliphatic rings. The minimum Gasteiger partial charge on any atom is -0.455 e. The Morgan fingerprint density at radius 1 is 0.786 bits per heavy atom. The van der Waals surface area contributed by atoms with Gasteiger partial charge in [0.05, 0.1) is 5.69 Å². The van der Waals surface area contributed by atoms with Gasteiger partial charge in [0.15, 0.2) is 5.75 Å². The van der Waals surface area contributed by atoms with Crippen molar-refractivity contribution in [1.29, 1.82) is 0 Å². The molecular formula is C24H26N2O2. The molecule has 0 bridgehead atoms. The molecular weight excluding hydrogens is 348 g/mol. The molecule has 0 fully saturated rings. The van der Waals surface area contributed by atoms with Crippen LogP contribution in [0.4, 0.5) is 5.69 Å². The number of benzene rings is 3. The smallest absolute Gasteiger partial charge is 0.225 e. The summed E-state index contributed by atoms with van der Waals surface area (Å²) < 4.78 is 5.88. The van der Waals surface area contributed by atoms with Gasteiger partial charge in [-0.05, 0) is 49.2 Å². The lowest BCUT2D eigenvalue weighted by atomic mass is 10.1. The van der Waals surface area contributed by atoms with Crippen molar-refractivity contribution >= 4 is 11.6 Å². The molecule has 3 aromatic carbocycles. The summed E-state index contributed by atoms with van der Waals surface area (Å²) in [6.45, 7) is 1.55. The van der Waals surface area contributed by atoms with Gasteiger partial charge >= 0.3 is 0 Å². The average molecular weight is 374 g/mol. The topological polar surface area (TPSA) is 50.4 Å². The molecule has 4 nitrogen and oxygen atoms in total. The highest BCUT2D eigenvalue weighted by atomic mass is 16.5. The number of hydrogen-bond acceptors (Lipinski definition) is 3. The van der Waals surface area contributed by atoms with Crippen LogP contribution in [0.15, 0.2) is 84.9 Å². The second kappa shape index (κ2) is 10.9. The Labute approximate surface area is 166 Å². The maximum Gasteiger partial charge on any atom is 0.225 e. The maximum atomic E-state index is 12.3. The van der Waals surface area contributed by atoms with E-state index in [0.717, 1.165) is 25.1 Å². The Morgan fingerprint density at radius 2 is 1.46 bits per heavy atom. The summed E-state index contributed by atoms with van der Waals surface area (Å²) in [5.41, 5.74) is 2.03. The van der Waals surface area contributed by atoms with E-state index in [1.165, 1.54) is 5.56 Å². The lowest BCUT2D eigenvalue weighted by Crippen LogP contribution is -2.23. The van der Waals surface area contributed by atoms with Crippen molar-refractivity contribution in [2.45, 2.75) is 19.3 Å². The van der Waals surface area contributed by atoms with Crippen molar-refractivity contribution in [3.05, 3.63) is 90.5 Å². The SMILES string of the molecule is O=C(CCNCCCc1ccccc1)Nc1ccccc1Oc1ccccc1. The van der Waals surface area contributed by atoms with Crippen molar-refractivity contribution in [3.63, 3.8) is 0 Å². The number of ether oxygens (including phenoxy) is 1. The standard InChI is InChI=1S/C24H26N2O2/c27-24(17-19-25-18-9-12-20-10-3-1-4-11-20)26-22-15-7-8-16-23(22)28-21-13-5-2-6-14-21/h1-8,10-11,13-16,25H,9,12,17-19H2,(H,26,27). The normalized spacial score (nSPS) is 10.4. The van der Waals surface area contributed by atoms with E-state index in [1.807, 2.05) is 60.7 Å². The van der Waals surface area contributed by atoms with Gasteiger partial charge in [0, 0.05) is 13.0 Å². The zero-order valence-electron chi connectivity index (χ0n) is 15.9. The van der Waals surface area contributed by atoms with E-state index < -0.39 is 0 Å². The van der Waals surface area contributed by atoms with Crippen LogP contribution in [-0.2, 0) is 11.2 Å². The van der Waals surface area contributed by atoms with Gasteiger partial charge in [-0.25, -0.2) is 0 Å². The predicted octanol–water partition coefficient (Wildman–Crippen LogP) is 5.03. The van der Waals surface area contributed by atoms with Crippen molar-refractivity contribution < 1.29 is 9.53 Å². The fraction of sp³-hybridized carbons (Fsp3) is 0.208. The molecule has 0 saturated carbocycles. The number of carbonyl (C=O) groups excluding carboxylic acids is 1. The molecule has 0 aromatic heterocycles. The molecule has 144 valence electrons. The summed E-state index contributed by atoms with van der Waals surface area (Å²) in [5, 5.41) is 6.28. The molecule has 28 heavy (non-hydrogen) atoms. The second-order valence-electron chi connectivity index (χ2n) is 6.55. The third kappa shape index (κ3) is 6.56. The number of para-hydroxylation sites is 3. The highest BCUT2D eigenvalue weighted by molar-refractivity contribution is 5.92. The van der Waals surface area contributed by atoms with Crippen LogP contribution in [0.3, 0.4) is 0 Å². The second-order valence-corrected chi connectivity index (χ2v) is 6.55. The Balaban J connectivity index is 1.39. The van der Waals surface area contributed by atoms with E-state index >= 15 is 0 Å². The third-order valence-electron chi connectivity index (χ3n) is 4.32. The Kier molecular flexibility index (Phi) is 7.65. The van der Waals surface area contributed by atoms with Gasteiger partial charge in [-0.15, -0.1) is 0 Å². The molecule has 0 radical (unpaired) electrons. The van der Waals surface area contributed by atoms with Gasteiger partial charge in [-0.2, -0.15) is 0 Å². The van der Waals surface area contributed by atoms with Crippen LogP contribution in [0.2, 0.25) is 0 Å². The van der Waals surface area contributed by atoms with Crippen LogP contribution in [0, 0.1) is 0 Å². The number of hydrogen-bond donors (Lipinski definition) is 2. The Bertz CT molecular complexity index is 851. The first-order valence-electron chi connectivity index (χ1n) is 9.68. The molecule has 0 heterocycles. The number of carbonyl (C=O) groups is 1. The van der Waals surface area contributed by atoms with E-state index in [-0.39, 0.29) is 5.91 Å². The molecule has 3 aromatic rings. The fourth-order valence-corrected chi connectivity index (χ4v) is 2.88. The van der Waals surface area contributed by atoms with E-state index in [4.69, 9.17) is 4.74 Å². The molecule has 1 amide bonds. The van der Waals surface area contributed by atoms with Crippen LogP contribution in [0.25, 0.3) is 0 Å².